The van der Waals surface area contributed by atoms with E-state index in [1.807, 2.05) is 6.92 Å². The van der Waals surface area contributed by atoms with Gasteiger partial charge in [0.15, 0.2) is 0 Å². The first-order valence-corrected chi connectivity index (χ1v) is 6.21. The molecular weight excluding hydrogens is 305 g/mol. The Balaban J connectivity index is 2.21. The van der Waals surface area contributed by atoms with Crippen LogP contribution in [0.2, 0.25) is 0 Å². The molecule has 15 heavy (non-hydrogen) atoms. The lowest BCUT2D eigenvalue weighted by Gasteiger charge is -2.12. The van der Waals surface area contributed by atoms with E-state index in [1.54, 1.807) is 10.9 Å². The Kier molecular flexibility index (Phi) is 3.40. The Morgan fingerprint density at radius 3 is 3.20 bits per heavy atom. The minimum absolute atomic E-state index is 0.0804. The summed E-state index contributed by atoms with van der Waals surface area (Å²) in [6.07, 6.45) is 4.01. The second-order valence-electron chi connectivity index (χ2n) is 3.89. The van der Waals surface area contributed by atoms with Gasteiger partial charge in [0.1, 0.15) is 0 Å². The molecule has 1 atom stereocenters. The van der Waals surface area contributed by atoms with Crippen molar-refractivity contribution in [2.45, 2.75) is 32.4 Å². The van der Waals surface area contributed by atoms with E-state index in [-0.39, 0.29) is 5.56 Å². The zero-order valence-corrected chi connectivity index (χ0v) is 10.8. The zero-order valence-electron chi connectivity index (χ0n) is 8.66. The molecule has 5 heteroatoms. The van der Waals surface area contributed by atoms with Crippen LogP contribution in [0.25, 0.3) is 0 Å². The molecule has 1 aliphatic rings. The Morgan fingerprint density at radius 2 is 2.53 bits per heavy atom. The fourth-order valence-corrected chi connectivity index (χ4v) is 2.28. The standard InChI is InChI=1S/C10H14IN3O/c1-7-9(11)10(15)14(6-13-7)5-8-3-2-4-12-8/h6,8,12H,2-5H2,1H3. The summed E-state index contributed by atoms with van der Waals surface area (Å²) in [5.41, 5.74) is 0.896. The maximum atomic E-state index is 11.9. The highest BCUT2D eigenvalue weighted by Crippen LogP contribution is 2.07. The Bertz CT molecular complexity index is 410. The predicted octanol–water partition coefficient (Wildman–Crippen LogP) is 0.908. The van der Waals surface area contributed by atoms with E-state index in [0.717, 1.165) is 28.8 Å². The van der Waals surface area contributed by atoms with Crippen LogP contribution in [0, 0.1) is 10.5 Å². The van der Waals surface area contributed by atoms with E-state index >= 15 is 0 Å². The average molecular weight is 319 g/mol. The van der Waals surface area contributed by atoms with E-state index < -0.39 is 0 Å². The van der Waals surface area contributed by atoms with Gasteiger partial charge >= 0.3 is 0 Å². The Morgan fingerprint density at radius 1 is 1.73 bits per heavy atom. The summed E-state index contributed by atoms with van der Waals surface area (Å²) in [5, 5.41) is 3.38. The largest absolute Gasteiger partial charge is 0.312 e. The Hall–Kier alpha value is -0.430. The van der Waals surface area contributed by atoms with Crippen LogP contribution in [-0.4, -0.2) is 22.1 Å². The van der Waals surface area contributed by atoms with Crippen LogP contribution in [0.5, 0.6) is 0 Å². The fourth-order valence-electron chi connectivity index (χ4n) is 1.83. The molecular formula is C10H14IN3O. The summed E-state index contributed by atoms with van der Waals surface area (Å²) >= 11 is 2.06. The van der Waals surface area contributed by atoms with Crippen molar-refractivity contribution < 1.29 is 0 Å². The maximum Gasteiger partial charge on any atom is 0.267 e. The highest BCUT2D eigenvalue weighted by Gasteiger charge is 2.15. The van der Waals surface area contributed by atoms with Crippen molar-refractivity contribution in [3.63, 3.8) is 0 Å². The second kappa shape index (κ2) is 4.61. The lowest BCUT2D eigenvalue weighted by molar-refractivity contribution is 0.492. The molecule has 82 valence electrons. The van der Waals surface area contributed by atoms with Crippen LogP contribution in [0.15, 0.2) is 11.1 Å². The zero-order chi connectivity index (χ0) is 10.8. The summed E-state index contributed by atoms with van der Waals surface area (Å²) in [4.78, 5) is 16.1. The van der Waals surface area contributed by atoms with Crippen LogP contribution >= 0.6 is 22.6 Å². The normalized spacial score (nSPS) is 20.8. The van der Waals surface area contributed by atoms with Gasteiger partial charge < -0.3 is 5.32 Å². The van der Waals surface area contributed by atoms with Crippen molar-refractivity contribution in [1.82, 2.24) is 14.9 Å². The summed E-state index contributed by atoms with van der Waals surface area (Å²) in [6, 6.07) is 0.433. The predicted molar refractivity (Wildman–Crippen MR) is 67.0 cm³/mol. The summed E-state index contributed by atoms with van der Waals surface area (Å²) in [5.74, 6) is 0. The van der Waals surface area contributed by atoms with Crippen molar-refractivity contribution in [2.24, 2.45) is 0 Å². The lowest BCUT2D eigenvalue weighted by Crippen LogP contribution is -2.33. The molecule has 0 bridgehead atoms. The number of hydrogen-bond acceptors (Lipinski definition) is 3. The fraction of sp³-hybridized carbons (Fsp3) is 0.600. The van der Waals surface area contributed by atoms with Crippen molar-refractivity contribution in [3.8, 4) is 0 Å². The molecule has 0 aliphatic carbocycles. The molecule has 4 nitrogen and oxygen atoms in total. The minimum Gasteiger partial charge on any atom is -0.312 e. The molecule has 1 aromatic heterocycles. The van der Waals surface area contributed by atoms with Gasteiger partial charge in [-0.2, -0.15) is 0 Å². The quantitative estimate of drug-likeness (QED) is 0.824. The molecule has 0 saturated carbocycles. The molecule has 1 aromatic rings. The van der Waals surface area contributed by atoms with Crippen molar-refractivity contribution in [2.75, 3.05) is 6.54 Å². The molecule has 2 heterocycles. The molecule has 1 fully saturated rings. The van der Waals surface area contributed by atoms with Gasteiger partial charge in [0, 0.05) is 12.6 Å². The average Bonchev–Trinajstić information content (AvgIpc) is 2.72. The highest BCUT2D eigenvalue weighted by atomic mass is 127. The Labute approximate surface area is 102 Å². The summed E-state index contributed by atoms with van der Waals surface area (Å²) < 4.78 is 2.44. The van der Waals surface area contributed by atoms with Gasteiger partial charge in [-0.05, 0) is 48.9 Å². The van der Waals surface area contributed by atoms with E-state index in [2.05, 4.69) is 32.9 Å². The number of hydrogen-bond donors (Lipinski definition) is 1. The molecule has 0 aromatic carbocycles. The third-order valence-corrected chi connectivity index (χ3v) is 3.98. The number of rotatable bonds is 2. The van der Waals surface area contributed by atoms with Gasteiger partial charge in [0.2, 0.25) is 0 Å². The third kappa shape index (κ3) is 2.39. The first-order chi connectivity index (χ1) is 7.18. The van der Waals surface area contributed by atoms with Crippen molar-refractivity contribution in [3.05, 3.63) is 25.9 Å². The van der Waals surface area contributed by atoms with E-state index in [4.69, 9.17) is 0 Å². The number of nitrogens with zero attached hydrogens (tertiary/aromatic N) is 2. The maximum absolute atomic E-state index is 11.9. The van der Waals surface area contributed by atoms with Crippen LogP contribution in [-0.2, 0) is 6.54 Å². The lowest BCUT2D eigenvalue weighted by atomic mass is 10.2. The van der Waals surface area contributed by atoms with E-state index in [0.29, 0.717) is 6.04 Å². The van der Waals surface area contributed by atoms with E-state index in [1.165, 1.54) is 6.42 Å². The number of nitrogens with one attached hydrogen (secondary N) is 1. The SMILES string of the molecule is Cc1ncn(CC2CCCN2)c(=O)c1I. The second-order valence-corrected chi connectivity index (χ2v) is 4.97. The third-order valence-electron chi connectivity index (χ3n) is 2.74. The molecule has 1 aliphatic heterocycles. The van der Waals surface area contributed by atoms with Crippen LogP contribution < -0.4 is 10.9 Å². The first kappa shape index (κ1) is 11.1. The molecule has 1 N–H and O–H groups in total. The minimum atomic E-state index is 0.0804. The highest BCUT2D eigenvalue weighted by molar-refractivity contribution is 14.1. The molecule has 1 unspecified atom stereocenters. The van der Waals surface area contributed by atoms with Crippen LogP contribution in [0.4, 0.5) is 0 Å². The molecule has 2 rings (SSSR count). The smallest absolute Gasteiger partial charge is 0.267 e. The van der Waals surface area contributed by atoms with Crippen LogP contribution in [0.3, 0.4) is 0 Å². The number of aromatic nitrogens is 2. The molecule has 0 radical (unpaired) electrons. The number of aryl methyl sites for hydroxylation is 1. The monoisotopic (exact) mass is 319 g/mol. The number of halogens is 1. The topological polar surface area (TPSA) is 46.9 Å². The van der Waals surface area contributed by atoms with Gasteiger partial charge in [-0.1, -0.05) is 0 Å². The first-order valence-electron chi connectivity index (χ1n) is 5.13. The molecule has 0 spiro atoms. The van der Waals surface area contributed by atoms with Gasteiger partial charge in [0.25, 0.3) is 5.56 Å². The summed E-state index contributed by atoms with van der Waals surface area (Å²) in [7, 11) is 0. The van der Waals surface area contributed by atoms with Gasteiger partial charge in [0.05, 0.1) is 15.6 Å². The van der Waals surface area contributed by atoms with Gasteiger partial charge in [-0.3, -0.25) is 9.36 Å². The molecule has 0 amide bonds. The van der Waals surface area contributed by atoms with Gasteiger partial charge in [-0.25, -0.2) is 4.98 Å². The summed E-state index contributed by atoms with van der Waals surface area (Å²) in [6.45, 7) is 3.67. The van der Waals surface area contributed by atoms with Gasteiger partial charge in [-0.15, -0.1) is 0 Å². The van der Waals surface area contributed by atoms with Crippen molar-refractivity contribution in [1.29, 1.82) is 0 Å². The van der Waals surface area contributed by atoms with Crippen LogP contribution in [0.1, 0.15) is 18.5 Å². The van der Waals surface area contributed by atoms with E-state index in [9.17, 15) is 4.79 Å². The molecule has 1 saturated heterocycles. The van der Waals surface area contributed by atoms with Crippen molar-refractivity contribution >= 4 is 22.6 Å².